The van der Waals surface area contributed by atoms with Crippen LogP contribution in [0.3, 0.4) is 0 Å². The van der Waals surface area contributed by atoms with Gasteiger partial charge in [-0.05, 0) is 73.0 Å². The summed E-state index contributed by atoms with van der Waals surface area (Å²) in [5, 5.41) is 15.3. The van der Waals surface area contributed by atoms with Crippen LogP contribution in [0.5, 0.6) is 11.6 Å². The Kier molecular flexibility index (Phi) is 7.04. The maximum Gasteiger partial charge on any atom is 0.423 e. The average molecular weight is 649 g/mol. The normalized spacial score (nSPS) is 25.9. The number of hydrogen-bond acceptors (Lipinski definition) is 6. The first-order valence-electron chi connectivity index (χ1n) is 16.0. The van der Waals surface area contributed by atoms with Gasteiger partial charge in [0.1, 0.15) is 29.9 Å². The minimum atomic E-state index is -4.79. The maximum absolute atomic E-state index is 15.2. The SMILES string of the molecule is C#Cc1c(F)ccc2cc(O)cc(-c3ccc4c(N5C[C@H]6CC[C@@H](C5)N6)c(C(F)(F)F)c(OC[C@@]56CCCN5C[C@H](F)C6)nc4c3)c12. The quantitative estimate of drug-likeness (QED) is 0.184. The van der Waals surface area contributed by atoms with Crippen molar-refractivity contribution in [1.82, 2.24) is 15.2 Å². The monoisotopic (exact) mass is 648 g/mol. The minimum Gasteiger partial charge on any atom is -0.508 e. The number of fused-ring (bicyclic) bond motifs is 5. The van der Waals surface area contributed by atoms with Gasteiger partial charge in [-0.2, -0.15) is 13.2 Å². The average Bonchev–Trinajstić information content (AvgIpc) is 3.68. The van der Waals surface area contributed by atoms with Crippen molar-refractivity contribution in [3.05, 3.63) is 59.4 Å². The lowest BCUT2D eigenvalue weighted by atomic mass is 9.93. The number of nitrogens with one attached hydrogen (secondary N) is 1. The van der Waals surface area contributed by atoms with E-state index in [1.165, 1.54) is 24.3 Å². The van der Waals surface area contributed by atoms with Crippen LogP contribution in [0, 0.1) is 18.2 Å². The van der Waals surface area contributed by atoms with Crippen molar-refractivity contribution in [3.63, 3.8) is 0 Å². The largest absolute Gasteiger partial charge is 0.508 e. The number of rotatable bonds is 5. The summed E-state index contributed by atoms with van der Waals surface area (Å²) in [4.78, 5) is 8.30. The first kappa shape index (κ1) is 30.2. The number of anilines is 1. The van der Waals surface area contributed by atoms with Crippen LogP contribution < -0.4 is 15.0 Å². The molecule has 8 rings (SSSR count). The Labute approximate surface area is 268 Å². The summed E-state index contributed by atoms with van der Waals surface area (Å²) >= 11 is 0. The Morgan fingerprint density at radius 3 is 2.62 bits per heavy atom. The number of piperazine rings is 1. The molecule has 4 aromatic rings. The Morgan fingerprint density at radius 1 is 1.09 bits per heavy atom. The fourth-order valence-electron chi connectivity index (χ4n) is 8.51. The third kappa shape index (κ3) is 5.04. The second kappa shape index (κ2) is 11.0. The van der Waals surface area contributed by atoms with Crippen LogP contribution >= 0.6 is 0 Å². The molecule has 4 saturated heterocycles. The third-order valence-corrected chi connectivity index (χ3v) is 10.5. The molecule has 244 valence electrons. The molecule has 6 nitrogen and oxygen atoms in total. The molecule has 2 bridgehead atoms. The summed E-state index contributed by atoms with van der Waals surface area (Å²) in [6.07, 6.45) is 3.27. The molecule has 4 aliphatic heterocycles. The zero-order valence-electron chi connectivity index (χ0n) is 25.5. The van der Waals surface area contributed by atoms with Gasteiger partial charge in [-0.1, -0.05) is 24.1 Å². The lowest BCUT2D eigenvalue weighted by Crippen LogP contribution is -2.51. The number of phenols is 1. The summed E-state index contributed by atoms with van der Waals surface area (Å²) in [6, 6.07) is 10.7. The van der Waals surface area contributed by atoms with Gasteiger partial charge in [0.05, 0.1) is 22.3 Å². The fraction of sp³-hybridized carbons (Fsp3) is 0.417. The molecule has 0 unspecified atom stereocenters. The van der Waals surface area contributed by atoms with Crippen LogP contribution in [0.1, 0.15) is 43.2 Å². The Balaban J connectivity index is 1.33. The molecule has 0 spiro atoms. The van der Waals surface area contributed by atoms with Crippen LogP contribution in [0.4, 0.5) is 27.6 Å². The summed E-state index contributed by atoms with van der Waals surface area (Å²) in [7, 11) is 0. The van der Waals surface area contributed by atoms with E-state index < -0.39 is 35.1 Å². The standard InChI is InChI=1S/C36H33F5N4O2/c1-2-26-29(38)9-5-21-12-25(46)14-28(31(21)26)20-4-8-27-30(13-20)43-34(47-19-35-10-3-11-45(35)16-22(37)15-35)32(36(39,40)41)33(27)44-17-23-6-7-24(18-44)42-23/h1,4-5,8-9,12-14,22-24,42,46H,3,6-7,10-11,15-19H2/t22-,23-,24+,35+/m1/s1. The highest BCUT2D eigenvalue weighted by molar-refractivity contribution is 6.04. The van der Waals surface area contributed by atoms with Gasteiger partial charge in [0.2, 0.25) is 5.88 Å². The smallest absolute Gasteiger partial charge is 0.423 e. The van der Waals surface area contributed by atoms with E-state index >= 15 is 13.2 Å². The van der Waals surface area contributed by atoms with Crippen molar-refractivity contribution in [2.24, 2.45) is 0 Å². The number of benzene rings is 3. The molecule has 4 aliphatic rings. The number of aromatic nitrogens is 1. The number of terminal acetylenes is 1. The highest BCUT2D eigenvalue weighted by atomic mass is 19.4. The van der Waals surface area contributed by atoms with E-state index in [2.05, 4.69) is 16.2 Å². The highest BCUT2D eigenvalue weighted by Gasteiger charge is 2.50. The van der Waals surface area contributed by atoms with E-state index in [9.17, 15) is 13.9 Å². The lowest BCUT2D eigenvalue weighted by Gasteiger charge is -2.37. The summed E-state index contributed by atoms with van der Waals surface area (Å²) in [6.45, 7) is 1.60. The van der Waals surface area contributed by atoms with Gasteiger partial charge < -0.3 is 20.1 Å². The third-order valence-electron chi connectivity index (χ3n) is 10.5. The molecule has 0 aliphatic carbocycles. The molecule has 47 heavy (non-hydrogen) atoms. The van der Waals surface area contributed by atoms with Crippen molar-refractivity contribution in [2.75, 3.05) is 37.7 Å². The van der Waals surface area contributed by atoms with Gasteiger partial charge in [-0.15, -0.1) is 6.42 Å². The molecule has 0 amide bonds. The molecule has 1 aromatic heterocycles. The molecule has 11 heteroatoms. The van der Waals surface area contributed by atoms with Gasteiger partial charge in [-0.25, -0.2) is 13.8 Å². The summed E-state index contributed by atoms with van der Waals surface area (Å²) < 4.78 is 81.1. The number of aromatic hydroxyl groups is 1. The first-order valence-corrected chi connectivity index (χ1v) is 16.0. The summed E-state index contributed by atoms with van der Waals surface area (Å²) in [5.74, 6) is 1.19. The minimum absolute atomic E-state index is 0.00847. The van der Waals surface area contributed by atoms with Crippen molar-refractivity contribution in [2.45, 2.75) is 62.1 Å². The molecule has 2 N–H and O–H groups in total. The van der Waals surface area contributed by atoms with Crippen molar-refractivity contribution >= 4 is 27.4 Å². The number of nitrogens with zero attached hydrogens (tertiary/aromatic N) is 3. The van der Waals surface area contributed by atoms with Crippen LogP contribution in [-0.2, 0) is 6.18 Å². The van der Waals surface area contributed by atoms with Crippen LogP contribution in [0.15, 0.2) is 42.5 Å². The predicted octanol–water partition coefficient (Wildman–Crippen LogP) is 6.80. The second-order valence-corrected chi connectivity index (χ2v) is 13.4. The molecular weight excluding hydrogens is 615 g/mol. The van der Waals surface area contributed by atoms with E-state index in [-0.39, 0.29) is 54.2 Å². The fourth-order valence-corrected chi connectivity index (χ4v) is 8.51. The predicted molar refractivity (Wildman–Crippen MR) is 170 cm³/mol. The Morgan fingerprint density at radius 2 is 1.87 bits per heavy atom. The number of pyridine rings is 1. The van der Waals surface area contributed by atoms with E-state index in [4.69, 9.17) is 11.2 Å². The topological polar surface area (TPSA) is 60.9 Å². The van der Waals surface area contributed by atoms with Gasteiger partial charge in [0.25, 0.3) is 0 Å². The Bertz CT molecular complexity index is 1950. The van der Waals surface area contributed by atoms with E-state index in [1.807, 2.05) is 4.90 Å². The van der Waals surface area contributed by atoms with E-state index in [0.29, 0.717) is 53.3 Å². The molecule has 0 radical (unpaired) electrons. The van der Waals surface area contributed by atoms with Gasteiger partial charge in [-0.3, -0.25) is 4.90 Å². The van der Waals surface area contributed by atoms with Crippen molar-refractivity contribution in [3.8, 4) is 35.1 Å². The van der Waals surface area contributed by atoms with E-state index in [0.717, 1.165) is 19.3 Å². The van der Waals surface area contributed by atoms with Crippen LogP contribution in [0.2, 0.25) is 0 Å². The first-order chi connectivity index (χ1) is 22.5. The molecule has 0 saturated carbocycles. The molecule has 5 heterocycles. The zero-order valence-corrected chi connectivity index (χ0v) is 25.5. The maximum atomic E-state index is 15.2. The number of ether oxygens (including phenoxy) is 1. The highest BCUT2D eigenvalue weighted by Crippen LogP contribution is 2.49. The van der Waals surface area contributed by atoms with E-state index in [1.54, 1.807) is 23.1 Å². The zero-order chi connectivity index (χ0) is 32.7. The van der Waals surface area contributed by atoms with Crippen molar-refractivity contribution < 1.29 is 31.8 Å². The van der Waals surface area contributed by atoms with Gasteiger partial charge >= 0.3 is 6.18 Å². The molecular formula is C36H33F5N4O2. The number of halogens is 5. The van der Waals surface area contributed by atoms with Crippen LogP contribution in [0.25, 0.3) is 32.8 Å². The number of phenolic OH excluding ortho intramolecular Hbond substituents is 1. The van der Waals surface area contributed by atoms with Gasteiger partial charge in [0, 0.05) is 48.9 Å². The number of alkyl halides is 4. The summed E-state index contributed by atoms with van der Waals surface area (Å²) in [5.41, 5.74) is -0.435. The molecule has 4 atom stereocenters. The van der Waals surface area contributed by atoms with Crippen molar-refractivity contribution in [1.29, 1.82) is 0 Å². The van der Waals surface area contributed by atoms with Crippen LogP contribution in [-0.4, -0.2) is 71.6 Å². The number of hydrogen-bond donors (Lipinski definition) is 2. The van der Waals surface area contributed by atoms with Gasteiger partial charge in [0.15, 0.2) is 0 Å². The second-order valence-electron chi connectivity index (χ2n) is 13.4. The Hall–Kier alpha value is -4.14. The molecule has 3 aromatic carbocycles. The molecule has 4 fully saturated rings. The lowest BCUT2D eigenvalue weighted by molar-refractivity contribution is -0.139.